The molecule has 6 heteroatoms. The van der Waals surface area contributed by atoms with Crippen molar-refractivity contribution in [1.29, 1.82) is 0 Å². The highest BCUT2D eigenvalue weighted by atomic mass is 16.5. The van der Waals surface area contributed by atoms with E-state index in [0.29, 0.717) is 36.8 Å². The number of carbonyl (C=O) groups excluding carboxylic acids is 1. The van der Waals surface area contributed by atoms with Gasteiger partial charge in [0.05, 0.1) is 19.9 Å². The molecule has 0 aliphatic heterocycles. The summed E-state index contributed by atoms with van der Waals surface area (Å²) >= 11 is 0. The number of amides is 1. The second-order valence-electron chi connectivity index (χ2n) is 6.74. The number of benzene rings is 2. The third-order valence-electron chi connectivity index (χ3n) is 4.42. The van der Waals surface area contributed by atoms with Gasteiger partial charge in [0.15, 0.2) is 0 Å². The van der Waals surface area contributed by atoms with Gasteiger partial charge in [-0.05, 0) is 44.0 Å². The van der Waals surface area contributed by atoms with E-state index in [4.69, 9.17) is 14.2 Å². The van der Waals surface area contributed by atoms with E-state index < -0.39 is 0 Å². The van der Waals surface area contributed by atoms with Crippen molar-refractivity contribution in [3.05, 3.63) is 47.5 Å². The van der Waals surface area contributed by atoms with Crippen LogP contribution in [-0.4, -0.2) is 39.3 Å². The minimum Gasteiger partial charge on any atom is -0.497 e. The number of aryl methyl sites for hydroxylation is 2. The average molecular weight is 386 g/mol. The van der Waals surface area contributed by atoms with Crippen molar-refractivity contribution in [2.45, 2.75) is 33.2 Å². The number of rotatable bonds is 10. The Labute approximate surface area is 167 Å². The van der Waals surface area contributed by atoms with E-state index in [0.717, 1.165) is 16.9 Å². The maximum Gasteiger partial charge on any atom is 0.226 e. The molecular formula is C22H30N2O4. The van der Waals surface area contributed by atoms with Crippen LogP contribution in [0.4, 0.5) is 5.69 Å². The fraction of sp³-hybridized carbons (Fsp3) is 0.409. The van der Waals surface area contributed by atoms with Crippen LogP contribution < -0.4 is 24.8 Å². The molecule has 0 aromatic heterocycles. The normalized spacial score (nSPS) is 11.6. The molecule has 0 saturated carbocycles. The van der Waals surface area contributed by atoms with Gasteiger partial charge in [-0.15, -0.1) is 0 Å². The molecule has 0 aliphatic rings. The first-order chi connectivity index (χ1) is 13.4. The molecule has 1 unspecified atom stereocenters. The number of hydrogen-bond acceptors (Lipinski definition) is 5. The lowest BCUT2D eigenvalue weighted by Gasteiger charge is -2.16. The number of hydrogen-bond donors (Lipinski definition) is 2. The highest BCUT2D eigenvalue weighted by Crippen LogP contribution is 2.29. The lowest BCUT2D eigenvalue weighted by Crippen LogP contribution is -2.33. The summed E-state index contributed by atoms with van der Waals surface area (Å²) in [5, 5.41) is 6.20. The zero-order valence-electron chi connectivity index (χ0n) is 17.3. The van der Waals surface area contributed by atoms with Crippen LogP contribution in [0.2, 0.25) is 0 Å². The molecule has 0 aliphatic carbocycles. The van der Waals surface area contributed by atoms with Gasteiger partial charge < -0.3 is 24.8 Å². The van der Waals surface area contributed by atoms with E-state index in [2.05, 4.69) is 10.6 Å². The minimum atomic E-state index is -0.0841. The smallest absolute Gasteiger partial charge is 0.226 e. The molecule has 2 aromatic rings. The van der Waals surface area contributed by atoms with Crippen molar-refractivity contribution in [1.82, 2.24) is 5.32 Å². The van der Waals surface area contributed by atoms with Gasteiger partial charge in [-0.25, -0.2) is 0 Å². The fourth-order valence-corrected chi connectivity index (χ4v) is 2.94. The Kier molecular flexibility index (Phi) is 8.14. The van der Waals surface area contributed by atoms with Crippen molar-refractivity contribution in [3.8, 4) is 17.2 Å². The second-order valence-corrected chi connectivity index (χ2v) is 6.74. The van der Waals surface area contributed by atoms with Gasteiger partial charge in [0.1, 0.15) is 23.9 Å². The van der Waals surface area contributed by atoms with Crippen LogP contribution in [0.5, 0.6) is 17.2 Å². The Morgan fingerprint density at radius 2 is 1.79 bits per heavy atom. The molecule has 0 heterocycles. The van der Waals surface area contributed by atoms with E-state index >= 15 is 0 Å². The monoisotopic (exact) mass is 386 g/mol. The van der Waals surface area contributed by atoms with E-state index in [9.17, 15) is 4.79 Å². The zero-order chi connectivity index (χ0) is 20.5. The minimum absolute atomic E-state index is 0.0193. The molecule has 2 N–H and O–H groups in total. The first-order valence-electron chi connectivity index (χ1n) is 9.39. The molecule has 0 bridgehead atoms. The Bertz CT molecular complexity index is 772. The molecule has 2 rings (SSSR count). The molecule has 2 aromatic carbocycles. The third kappa shape index (κ3) is 6.16. The van der Waals surface area contributed by atoms with Gasteiger partial charge >= 0.3 is 0 Å². The first-order valence-corrected chi connectivity index (χ1v) is 9.39. The summed E-state index contributed by atoms with van der Waals surface area (Å²) < 4.78 is 16.4. The molecule has 0 spiro atoms. The Hall–Kier alpha value is -2.73. The van der Waals surface area contributed by atoms with E-state index in [-0.39, 0.29) is 11.9 Å². The van der Waals surface area contributed by atoms with Crippen molar-refractivity contribution >= 4 is 11.6 Å². The van der Waals surface area contributed by atoms with Crippen LogP contribution in [0.3, 0.4) is 0 Å². The van der Waals surface area contributed by atoms with Gasteiger partial charge in [0, 0.05) is 25.1 Å². The van der Waals surface area contributed by atoms with Crippen LogP contribution in [0.1, 0.15) is 24.5 Å². The number of nitrogens with one attached hydrogen (secondary N) is 2. The van der Waals surface area contributed by atoms with Gasteiger partial charge in [0.2, 0.25) is 5.91 Å². The van der Waals surface area contributed by atoms with Crippen LogP contribution in [0.25, 0.3) is 0 Å². The summed E-state index contributed by atoms with van der Waals surface area (Å²) in [5.41, 5.74) is 2.88. The van der Waals surface area contributed by atoms with Crippen molar-refractivity contribution in [2.24, 2.45) is 0 Å². The largest absolute Gasteiger partial charge is 0.497 e. The van der Waals surface area contributed by atoms with E-state index in [1.807, 2.05) is 39.0 Å². The summed E-state index contributed by atoms with van der Waals surface area (Å²) in [6.07, 6.45) is 0.346. The van der Waals surface area contributed by atoms with Crippen LogP contribution in [0.15, 0.2) is 36.4 Å². The summed E-state index contributed by atoms with van der Waals surface area (Å²) in [5.74, 6) is 2.09. The first kappa shape index (κ1) is 21.6. The highest BCUT2D eigenvalue weighted by molar-refractivity contribution is 5.92. The summed E-state index contributed by atoms with van der Waals surface area (Å²) in [4.78, 5) is 12.3. The summed E-state index contributed by atoms with van der Waals surface area (Å²) in [7, 11) is 3.15. The topological polar surface area (TPSA) is 68.8 Å². The lowest BCUT2D eigenvalue weighted by atomic mass is 10.1. The van der Waals surface area contributed by atoms with E-state index in [1.54, 1.807) is 32.4 Å². The molecule has 0 saturated heterocycles. The van der Waals surface area contributed by atoms with E-state index in [1.165, 1.54) is 0 Å². The predicted molar refractivity (Wildman–Crippen MR) is 112 cm³/mol. The van der Waals surface area contributed by atoms with Gasteiger partial charge in [0.25, 0.3) is 0 Å². The number of carbonyl (C=O) groups is 1. The Morgan fingerprint density at radius 3 is 2.43 bits per heavy atom. The Balaban J connectivity index is 1.77. The van der Waals surface area contributed by atoms with Gasteiger partial charge in [-0.3, -0.25) is 4.79 Å². The van der Waals surface area contributed by atoms with Gasteiger partial charge in [-0.1, -0.05) is 18.2 Å². The maximum absolute atomic E-state index is 12.3. The second kappa shape index (κ2) is 10.6. The van der Waals surface area contributed by atoms with Crippen molar-refractivity contribution in [2.75, 3.05) is 32.7 Å². The summed E-state index contributed by atoms with van der Waals surface area (Å²) in [6.45, 7) is 7.26. The molecule has 1 atom stereocenters. The molecule has 152 valence electrons. The molecule has 0 fully saturated rings. The van der Waals surface area contributed by atoms with Crippen LogP contribution in [0, 0.1) is 13.8 Å². The fourth-order valence-electron chi connectivity index (χ4n) is 2.94. The predicted octanol–water partition coefficient (Wildman–Crippen LogP) is 3.71. The van der Waals surface area contributed by atoms with Crippen LogP contribution in [-0.2, 0) is 4.79 Å². The maximum atomic E-state index is 12.3. The number of ether oxygens (including phenoxy) is 3. The summed E-state index contributed by atoms with van der Waals surface area (Å²) in [6, 6.07) is 11.4. The Morgan fingerprint density at radius 1 is 1.07 bits per heavy atom. The number of para-hydroxylation sites is 1. The molecule has 6 nitrogen and oxygen atoms in total. The molecule has 1 amide bonds. The average Bonchev–Trinajstić information content (AvgIpc) is 2.67. The lowest BCUT2D eigenvalue weighted by molar-refractivity contribution is -0.116. The zero-order valence-corrected chi connectivity index (χ0v) is 17.3. The third-order valence-corrected chi connectivity index (χ3v) is 4.42. The number of methoxy groups -OCH3 is 2. The highest BCUT2D eigenvalue weighted by Gasteiger charge is 2.12. The van der Waals surface area contributed by atoms with Crippen molar-refractivity contribution in [3.63, 3.8) is 0 Å². The SMILES string of the molecule is COc1ccc(NC(=O)CC(C)NCCOc2c(C)cccc2C)c(OC)c1. The molecule has 0 radical (unpaired) electrons. The number of anilines is 1. The quantitative estimate of drug-likeness (QED) is 0.609. The van der Waals surface area contributed by atoms with Crippen LogP contribution >= 0.6 is 0 Å². The standard InChI is InChI=1S/C22H30N2O4/c1-15-7-6-8-16(2)22(15)28-12-11-23-17(3)13-21(25)24-19-10-9-18(26-4)14-20(19)27-5/h6-10,14,17,23H,11-13H2,1-5H3,(H,24,25). The van der Waals surface area contributed by atoms with Gasteiger partial charge in [-0.2, -0.15) is 0 Å². The van der Waals surface area contributed by atoms with Crippen molar-refractivity contribution < 1.29 is 19.0 Å². The molecule has 28 heavy (non-hydrogen) atoms. The molecular weight excluding hydrogens is 356 g/mol.